The van der Waals surface area contributed by atoms with Gasteiger partial charge in [-0.15, -0.1) is 0 Å². The fourth-order valence-corrected chi connectivity index (χ4v) is 0. The number of hydrogen-bond acceptors (Lipinski definition) is 3. The van der Waals surface area contributed by atoms with Crippen molar-refractivity contribution in [1.82, 2.24) is 0 Å². The van der Waals surface area contributed by atoms with Crippen molar-refractivity contribution in [3.8, 4) is 0 Å². The summed E-state index contributed by atoms with van der Waals surface area (Å²) in [5.74, 6) is 0. The molecule has 1 atom stereocenters. The van der Waals surface area contributed by atoms with Gasteiger partial charge in [0, 0.05) is 0 Å². The Bertz CT molecular complexity index is 42.2. The molecule has 0 aliphatic carbocycles. The first-order chi connectivity index (χ1) is 2.27. The molecule has 0 aliphatic heterocycles. The lowest BCUT2D eigenvalue weighted by Gasteiger charge is -1.70. The molecule has 0 aromatic rings. The summed E-state index contributed by atoms with van der Waals surface area (Å²) in [7, 11) is -0.426. The minimum Gasteiger partial charge on any atom is -0.567 e. The Labute approximate surface area is 33.5 Å². The van der Waals surface area contributed by atoms with Gasteiger partial charge in [-0.3, -0.25) is 0 Å². The van der Waals surface area contributed by atoms with Gasteiger partial charge in [0.15, 0.2) is 0 Å². The first-order valence-corrected chi connectivity index (χ1v) is 2.26. The molecule has 3 nitrogen and oxygen atoms in total. The molecule has 0 aromatic carbocycles. The lowest BCUT2D eigenvalue weighted by molar-refractivity contribution is -0.178. The molecule has 0 amide bonds. The average Bonchev–Trinajstić information content (AvgIpc) is 1.38. The fourth-order valence-electron chi connectivity index (χ4n) is 0. The zero-order chi connectivity index (χ0) is 4.28. The van der Waals surface area contributed by atoms with Crippen LogP contribution in [0.1, 0.15) is 0 Å². The lowest BCUT2D eigenvalue weighted by atomic mass is 15.8. The predicted molar refractivity (Wildman–Crippen MR) is 14.4 cm³/mol. The average molecular weight is 107 g/mol. The van der Waals surface area contributed by atoms with Crippen molar-refractivity contribution < 1.29 is 13.7 Å². The summed E-state index contributed by atoms with van der Waals surface area (Å²) in [6.45, 7) is 0. The summed E-state index contributed by atoms with van der Waals surface area (Å²) in [6.07, 6.45) is 0. The minimum absolute atomic E-state index is 2.26. The molecule has 5 heavy (non-hydrogen) atoms. The van der Waals surface area contributed by atoms with Crippen molar-refractivity contribution in [2.24, 2.45) is 0 Å². The molecule has 0 aliphatic rings. The lowest BCUT2D eigenvalue weighted by Crippen LogP contribution is -1.85. The summed E-state index contributed by atoms with van der Waals surface area (Å²) in [5.41, 5.74) is 0. The van der Waals surface area contributed by atoms with Crippen LogP contribution in [0.3, 0.4) is 0 Å². The summed E-state index contributed by atoms with van der Waals surface area (Å²) in [6, 6.07) is 0. The Morgan fingerprint density at radius 3 is 2.20 bits per heavy atom. The van der Waals surface area contributed by atoms with E-state index in [1.165, 1.54) is 0 Å². The smallest absolute Gasteiger partial charge is 0.475 e. The van der Waals surface area contributed by atoms with Crippen LogP contribution in [-0.4, -0.2) is 10.5 Å². The van der Waals surface area contributed by atoms with Gasteiger partial charge < -0.3 is 4.89 Å². The van der Waals surface area contributed by atoms with Gasteiger partial charge in [0.2, 0.25) is 0 Å². The Balaban J connectivity index is 2.85. The molecule has 0 N–H and O–H groups in total. The summed E-state index contributed by atoms with van der Waals surface area (Å²) >= 11 is 0. The van der Waals surface area contributed by atoms with Crippen molar-refractivity contribution in [1.29, 1.82) is 0 Å². The van der Waals surface area contributed by atoms with E-state index in [2.05, 4.69) is 14.7 Å². The van der Waals surface area contributed by atoms with E-state index < -0.39 is 8.25 Å². The van der Waals surface area contributed by atoms with Crippen molar-refractivity contribution in [3.63, 3.8) is 0 Å². The molecular formula is O3PSi. The molecule has 0 aromatic heterocycles. The maximum Gasteiger partial charge on any atom is 0.475 e. The minimum atomic E-state index is -2.68. The highest BCUT2D eigenvalue weighted by Crippen LogP contribution is 2.01. The fraction of sp³-hybridized carbons (Fsp3) is 0. The largest absolute Gasteiger partial charge is 0.567 e. The third kappa shape index (κ3) is 4.24. The summed E-state index contributed by atoms with van der Waals surface area (Å²) < 4.78 is 12.6. The molecule has 0 fully saturated rings. The molecule has 5 heteroatoms. The maximum atomic E-state index is 9.13. The monoisotopic (exact) mass is 107 g/mol. The highest BCUT2D eigenvalue weighted by molar-refractivity contribution is 7.31. The molecular weight excluding hydrogens is 107 g/mol. The molecule has 0 heterocycles. The van der Waals surface area contributed by atoms with Gasteiger partial charge in [0.05, 0.1) is 0 Å². The van der Waals surface area contributed by atoms with E-state index in [0.717, 1.165) is 0 Å². The van der Waals surface area contributed by atoms with Crippen LogP contribution in [0.5, 0.6) is 0 Å². The molecule has 0 spiro atoms. The molecule has 0 saturated carbocycles. The Morgan fingerprint density at radius 1 is 2.00 bits per heavy atom. The van der Waals surface area contributed by atoms with E-state index in [-0.39, 0.29) is 0 Å². The van der Waals surface area contributed by atoms with Crippen LogP contribution in [0, 0.1) is 0 Å². The molecule has 3 radical (unpaired) electrons. The first kappa shape index (κ1) is 5.24. The second-order valence-corrected chi connectivity index (χ2v) is 1.49. The standard InChI is InChI=1S/O3PSi/c1-4(2)3-5. The molecule has 1 unspecified atom stereocenters. The molecule has 27 valence electrons. The normalized spacial score (nSPS) is 11.2. The Hall–Kier alpha value is 0.237. The van der Waals surface area contributed by atoms with Crippen molar-refractivity contribution >= 4 is 18.7 Å². The summed E-state index contributed by atoms with van der Waals surface area (Å²) in [5, 5.41) is 0. The van der Waals surface area contributed by atoms with Crippen LogP contribution in [0.2, 0.25) is 0 Å². The van der Waals surface area contributed by atoms with Gasteiger partial charge in [-0.05, 0) is 4.57 Å². The molecule has 0 rings (SSSR count). The Morgan fingerprint density at radius 2 is 2.20 bits per heavy atom. The van der Waals surface area contributed by atoms with E-state index in [0.29, 0.717) is 0 Å². The van der Waals surface area contributed by atoms with Crippen molar-refractivity contribution in [2.75, 3.05) is 0 Å². The van der Waals surface area contributed by atoms with Crippen LogP contribution in [-0.2, 0) is 8.78 Å². The van der Waals surface area contributed by atoms with Gasteiger partial charge >= 0.3 is 18.7 Å². The van der Waals surface area contributed by atoms with Crippen LogP contribution >= 0.6 is 8.25 Å². The van der Waals surface area contributed by atoms with Crippen LogP contribution < -0.4 is 4.89 Å². The van der Waals surface area contributed by atoms with Crippen molar-refractivity contribution in [2.45, 2.75) is 0 Å². The van der Waals surface area contributed by atoms with E-state index >= 15 is 0 Å². The topological polar surface area (TPSA) is 49.4 Å². The molecule has 0 bridgehead atoms. The second kappa shape index (κ2) is 2.47. The Kier molecular flexibility index (Phi) is 2.59. The number of rotatable bonds is 1. The second-order valence-electron chi connectivity index (χ2n) is 0.315. The maximum absolute atomic E-state index is 9.13. The van der Waals surface area contributed by atoms with Crippen LogP contribution in [0.15, 0.2) is 0 Å². The zero-order valence-electron chi connectivity index (χ0n) is 2.17. The zero-order valence-corrected chi connectivity index (χ0v) is 4.07. The van der Waals surface area contributed by atoms with Crippen LogP contribution in [0.25, 0.3) is 0 Å². The van der Waals surface area contributed by atoms with E-state index in [1.807, 2.05) is 0 Å². The predicted octanol–water partition coefficient (Wildman–Crippen LogP) is -0.896. The van der Waals surface area contributed by atoms with E-state index in [9.17, 15) is 0 Å². The summed E-state index contributed by atoms with van der Waals surface area (Å²) in [4.78, 5) is 9.13. The first-order valence-electron chi connectivity index (χ1n) is 0.752. The van der Waals surface area contributed by atoms with Crippen molar-refractivity contribution in [3.05, 3.63) is 0 Å². The van der Waals surface area contributed by atoms with E-state index in [4.69, 9.17) is 9.46 Å². The van der Waals surface area contributed by atoms with Gasteiger partial charge in [0.25, 0.3) is 0 Å². The van der Waals surface area contributed by atoms with E-state index in [1.54, 1.807) is 0 Å². The van der Waals surface area contributed by atoms with Gasteiger partial charge in [-0.25, -0.2) is 4.21 Å². The third-order valence-corrected chi connectivity index (χ3v) is 0.671. The van der Waals surface area contributed by atoms with Gasteiger partial charge in [-0.2, -0.15) is 0 Å². The van der Waals surface area contributed by atoms with Gasteiger partial charge in [0.1, 0.15) is 0 Å². The third-order valence-electron chi connectivity index (χ3n) is 0.0745. The quantitative estimate of drug-likeness (QED) is 0.322. The highest BCUT2D eigenvalue weighted by atomic mass is 31.1. The SMILES string of the molecule is O=[P+]([O-])O[Si]. The van der Waals surface area contributed by atoms with Crippen LogP contribution in [0.4, 0.5) is 0 Å². The molecule has 0 saturated heterocycles. The highest BCUT2D eigenvalue weighted by Gasteiger charge is 1.86. The number of hydrogen-bond donors (Lipinski definition) is 0. The van der Waals surface area contributed by atoms with Gasteiger partial charge in [-0.1, -0.05) is 0 Å².